The Bertz CT molecular complexity index is 1090. The van der Waals surface area contributed by atoms with Crippen LogP contribution >= 0.6 is 15.8 Å². The van der Waals surface area contributed by atoms with Gasteiger partial charge in [0.2, 0.25) is 0 Å². The summed E-state index contributed by atoms with van der Waals surface area (Å²) in [6.07, 6.45) is 1.19. The van der Waals surface area contributed by atoms with Crippen LogP contribution in [0.3, 0.4) is 0 Å². The quantitative estimate of drug-likeness (QED) is 0.241. The third-order valence-electron chi connectivity index (χ3n) is 5.53. The van der Waals surface area contributed by atoms with Crippen molar-refractivity contribution < 1.29 is 0 Å². The summed E-state index contributed by atoms with van der Waals surface area (Å²) in [5.41, 5.74) is 0. The van der Waals surface area contributed by atoms with Gasteiger partial charge < -0.3 is 0 Å². The van der Waals surface area contributed by atoms with Crippen LogP contribution in [0.15, 0.2) is 97.1 Å². The van der Waals surface area contributed by atoms with Crippen molar-refractivity contribution in [3.05, 3.63) is 97.1 Å². The van der Waals surface area contributed by atoms with Crippen LogP contribution < -0.4 is 21.1 Å². The highest BCUT2D eigenvalue weighted by Gasteiger charge is 2.27. The molecule has 0 unspecified atom stereocenters. The van der Waals surface area contributed by atoms with Crippen LogP contribution in [-0.4, -0.2) is 29.0 Å². The van der Waals surface area contributed by atoms with Gasteiger partial charge in [-0.3, -0.25) is 0 Å². The summed E-state index contributed by atoms with van der Waals surface area (Å²) in [6, 6.07) is 36.0. The molecule has 0 atom stereocenters. The summed E-state index contributed by atoms with van der Waals surface area (Å²) in [5, 5.41) is 9.16. The van der Waals surface area contributed by atoms with Gasteiger partial charge in [-0.1, -0.05) is 124 Å². The zero-order chi connectivity index (χ0) is 21.8. The Hall–Kier alpha value is -1.78. The first-order valence-corrected chi connectivity index (χ1v) is 15.6. The van der Waals surface area contributed by atoms with Crippen molar-refractivity contribution in [2.45, 2.75) is 18.9 Å². The van der Waals surface area contributed by atoms with Gasteiger partial charge in [-0.05, 0) is 59.1 Å². The second-order valence-electron chi connectivity index (χ2n) is 8.84. The molecule has 0 saturated carbocycles. The molecule has 0 spiro atoms. The standard InChI is InChI=1S/C28H30P2Si/c1-28(2,21-30(23-15-7-5-8-16-23)24-17-9-6-10-18-24)31-26-20-12-14-22-13-11-19-25(27(22)26)29(3)4/h5-20H,21H2,1-4H3. The fraction of sp³-hybridized carbons (Fsp3) is 0.214. The second kappa shape index (κ2) is 9.79. The van der Waals surface area contributed by atoms with Gasteiger partial charge in [-0.15, -0.1) is 0 Å². The molecule has 4 rings (SSSR count). The van der Waals surface area contributed by atoms with E-state index in [-0.39, 0.29) is 20.9 Å². The van der Waals surface area contributed by atoms with Gasteiger partial charge in [0.15, 0.2) is 0 Å². The SMILES string of the molecule is CP(C)c1cccc2cccc([Si]C(C)(C)CP(c3ccccc3)c3ccccc3)c12. The van der Waals surface area contributed by atoms with Crippen LogP contribution in [0.5, 0.6) is 0 Å². The van der Waals surface area contributed by atoms with Gasteiger partial charge in [0.05, 0.1) is 9.52 Å². The molecule has 0 amide bonds. The minimum atomic E-state index is -0.387. The fourth-order valence-electron chi connectivity index (χ4n) is 4.14. The second-order valence-corrected chi connectivity index (χ2v) is 15.5. The molecule has 0 fully saturated rings. The van der Waals surface area contributed by atoms with E-state index in [1.54, 1.807) is 5.30 Å². The minimum absolute atomic E-state index is 0.134. The van der Waals surface area contributed by atoms with E-state index in [0.717, 1.165) is 9.52 Å². The molecule has 0 N–H and O–H groups in total. The van der Waals surface area contributed by atoms with Crippen molar-refractivity contribution in [2.75, 3.05) is 19.5 Å². The normalized spacial score (nSPS) is 12.1. The Morgan fingerprint density at radius 1 is 0.677 bits per heavy atom. The zero-order valence-corrected chi connectivity index (χ0v) is 21.6. The van der Waals surface area contributed by atoms with Crippen LogP contribution in [0.4, 0.5) is 0 Å². The Morgan fingerprint density at radius 3 is 1.77 bits per heavy atom. The summed E-state index contributed by atoms with van der Waals surface area (Å²) in [6.45, 7) is 9.68. The Labute approximate surface area is 192 Å². The highest BCUT2D eigenvalue weighted by Crippen LogP contribution is 2.43. The van der Waals surface area contributed by atoms with Gasteiger partial charge in [-0.2, -0.15) is 0 Å². The number of hydrogen-bond acceptors (Lipinski definition) is 0. The molecule has 0 aliphatic carbocycles. The van der Waals surface area contributed by atoms with E-state index in [0.29, 0.717) is 0 Å². The Balaban J connectivity index is 1.70. The number of rotatable bonds is 7. The molecule has 3 heteroatoms. The Kier molecular flexibility index (Phi) is 7.07. The van der Waals surface area contributed by atoms with Crippen molar-refractivity contribution in [3.8, 4) is 0 Å². The molecule has 0 saturated heterocycles. The number of hydrogen-bond donors (Lipinski definition) is 0. The fourth-order valence-corrected chi connectivity index (χ4v) is 9.95. The van der Waals surface area contributed by atoms with Gasteiger partial charge in [0.1, 0.15) is 0 Å². The molecular formula is C28H30P2Si. The van der Waals surface area contributed by atoms with E-state index in [1.165, 1.54) is 32.7 Å². The average Bonchev–Trinajstić information content (AvgIpc) is 2.78. The van der Waals surface area contributed by atoms with E-state index in [2.05, 4.69) is 124 Å². The molecule has 0 aromatic heterocycles. The molecule has 0 heterocycles. The maximum absolute atomic E-state index is 2.47. The van der Waals surface area contributed by atoms with Crippen molar-refractivity contribution >= 4 is 57.2 Å². The summed E-state index contributed by atoms with van der Waals surface area (Å²) in [5.74, 6) is 0. The molecule has 0 aliphatic rings. The zero-order valence-electron chi connectivity index (χ0n) is 18.8. The monoisotopic (exact) mass is 456 g/mol. The van der Waals surface area contributed by atoms with Crippen LogP contribution in [0, 0.1) is 0 Å². The summed E-state index contributed by atoms with van der Waals surface area (Å²) < 4.78 is 0. The predicted octanol–water partition coefficient (Wildman–Crippen LogP) is 5.87. The van der Waals surface area contributed by atoms with Crippen molar-refractivity contribution in [1.82, 2.24) is 0 Å². The van der Waals surface area contributed by atoms with Crippen molar-refractivity contribution in [1.29, 1.82) is 0 Å². The maximum Gasteiger partial charge on any atom is 0.0884 e. The first-order valence-electron chi connectivity index (χ1n) is 10.8. The maximum atomic E-state index is 2.47. The smallest absolute Gasteiger partial charge is 0.0810 e. The summed E-state index contributed by atoms with van der Waals surface area (Å²) >= 11 is 0. The first-order chi connectivity index (χ1) is 14.9. The number of benzene rings is 4. The molecule has 0 nitrogen and oxygen atoms in total. The molecule has 0 bridgehead atoms. The van der Waals surface area contributed by atoms with Crippen LogP contribution in [0.2, 0.25) is 5.04 Å². The molecule has 4 aromatic carbocycles. The molecule has 2 radical (unpaired) electrons. The van der Waals surface area contributed by atoms with E-state index in [4.69, 9.17) is 0 Å². The van der Waals surface area contributed by atoms with Gasteiger partial charge in [0.25, 0.3) is 0 Å². The van der Waals surface area contributed by atoms with E-state index >= 15 is 0 Å². The number of fused-ring (bicyclic) bond motifs is 1. The third kappa shape index (κ3) is 5.35. The molecule has 156 valence electrons. The lowest BCUT2D eigenvalue weighted by Crippen LogP contribution is -2.32. The lowest BCUT2D eigenvalue weighted by Gasteiger charge is -2.31. The summed E-state index contributed by atoms with van der Waals surface area (Å²) in [4.78, 5) is 0. The molecule has 4 aromatic rings. The first kappa shape index (κ1) is 22.4. The van der Waals surface area contributed by atoms with E-state index in [9.17, 15) is 0 Å². The topological polar surface area (TPSA) is 0 Å². The van der Waals surface area contributed by atoms with Crippen molar-refractivity contribution in [2.24, 2.45) is 0 Å². The lowest BCUT2D eigenvalue weighted by molar-refractivity contribution is 0.770. The predicted molar refractivity (Wildman–Crippen MR) is 146 cm³/mol. The molecular weight excluding hydrogens is 426 g/mol. The largest absolute Gasteiger partial charge is 0.0884 e. The highest BCUT2D eigenvalue weighted by atomic mass is 31.1. The summed E-state index contributed by atoms with van der Waals surface area (Å²) in [7, 11) is 0.262. The van der Waals surface area contributed by atoms with Gasteiger partial charge in [0, 0.05) is 0 Å². The van der Waals surface area contributed by atoms with Crippen molar-refractivity contribution in [3.63, 3.8) is 0 Å². The van der Waals surface area contributed by atoms with Crippen LogP contribution in [0.1, 0.15) is 13.8 Å². The van der Waals surface area contributed by atoms with Gasteiger partial charge >= 0.3 is 0 Å². The van der Waals surface area contributed by atoms with E-state index < -0.39 is 0 Å². The Morgan fingerprint density at radius 2 is 1.23 bits per heavy atom. The minimum Gasteiger partial charge on any atom is -0.0810 e. The van der Waals surface area contributed by atoms with Crippen LogP contribution in [0.25, 0.3) is 10.8 Å². The lowest BCUT2D eigenvalue weighted by atomic mass is 10.1. The molecule has 31 heavy (non-hydrogen) atoms. The molecule has 0 aliphatic heterocycles. The highest BCUT2D eigenvalue weighted by molar-refractivity contribution is 7.73. The average molecular weight is 457 g/mol. The van der Waals surface area contributed by atoms with Gasteiger partial charge in [-0.25, -0.2) is 0 Å². The third-order valence-corrected chi connectivity index (χ3v) is 11.6. The van der Waals surface area contributed by atoms with E-state index in [1.807, 2.05) is 0 Å². The van der Waals surface area contributed by atoms with Crippen LogP contribution in [-0.2, 0) is 0 Å².